The molecule has 8 nitrogen and oxygen atoms in total. The molecule has 1 aromatic carbocycles. The Balaban J connectivity index is 1.63. The minimum atomic E-state index is 0.0421. The van der Waals surface area contributed by atoms with E-state index in [1.165, 1.54) is 0 Å². The number of anilines is 1. The number of nitrogens with zero attached hydrogens (tertiary/aromatic N) is 3. The van der Waals surface area contributed by atoms with Gasteiger partial charge in [0.05, 0.1) is 17.6 Å². The maximum atomic E-state index is 11.6. The van der Waals surface area contributed by atoms with Crippen LogP contribution in [-0.2, 0) is 22.7 Å². The van der Waals surface area contributed by atoms with Crippen LogP contribution < -0.4 is 15.8 Å². The third-order valence-electron chi connectivity index (χ3n) is 5.67. The molecular formula is C25H37N5O3. The Morgan fingerprint density at radius 2 is 1.94 bits per heavy atom. The Hall–Kier alpha value is -2.87. The van der Waals surface area contributed by atoms with Crippen molar-refractivity contribution in [1.29, 1.82) is 0 Å². The van der Waals surface area contributed by atoms with Crippen molar-refractivity contribution in [3.05, 3.63) is 24.0 Å². The molecule has 0 aliphatic rings. The van der Waals surface area contributed by atoms with Crippen molar-refractivity contribution in [3.8, 4) is 5.75 Å². The summed E-state index contributed by atoms with van der Waals surface area (Å²) in [6.07, 6.45) is 4.10. The first-order valence-corrected chi connectivity index (χ1v) is 12.0. The summed E-state index contributed by atoms with van der Waals surface area (Å²) in [6, 6.07) is 5.92. The van der Waals surface area contributed by atoms with Crippen LogP contribution in [0.4, 0.5) is 5.82 Å². The van der Waals surface area contributed by atoms with Crippen LogP contribution in [0.1, 0.15) is 59.2 Å². The highest BCUT2D eigenvalue weighted by Gasteiger charge is 2.17. The number of hydrogen-bond acceptors (Lipinski definition) is 6. The highest BCUT2D eigenvalue weighted by molar-refractivity contribution is 6.07. The van der Waals surface area contributed by atoms with Gasteiger partial charge in [0.15, 0.2) is 5.82 Å². The molecule has 1 amide bonds. The smallest absolute Gasteiger partial charge is 0.222 e. The maximum absolute atomic E-state index is 11.6. The van der Waals surface area contributed by atoms with Crippen molar-refractivity contribution in [2.24, 2.45) is 5.92 Å². The number of unbranched alkanes of at least 4 members (excludes halogenated alkanes) is 3. The predicted octanol–water partition coefficient (Wildman–Crippen LogP) is 4.43. The van der Waals surface area contributed by atoms with Gasteiger partial charge in [-0.15, -0.1) is 0 Å². The highest BCUT2D eigenvalue weighted by atomic mass is 16.5. The van der Waals surface area contributed by atoms with Crippen LogP contribution in [0.2, 0.25) is 0 Å². The number of imidazole rings is 1. The number of benzene rings is 1. The van der Waals surface area contributed by atoms with Crippen molar-refractivity contribution in [1.82, 2.24) is 19.9 Å². The number of carbonyl (C=O) groups excluding carboxylic acids is 1. The van der Waals surface area contributed by atoms with E-state index in [9.17, 15) is 4.79 Å². The van der Waals surface area contributed by atoms with Gasteiger partial charge < -0.3 is 25.1 Å². The van der Waals surface area contributed by atoms with E-state index in [-0.39, 0.29) is 11.8 Å². The number of fused-ring (bicyclic) bond motifs is 3. The zero-order valence-corrected chi connectivity index (χ0v) is 20.3. The number of hydrogen-bond donors (Lipinski definition) is 2. The molecule has 0 bridgehead atoms. The molecular weight excluding hydrogens is 418 g/mol. The minimum Gasteiger partial charge on any atom is -0.494 e. The maximum Gasteiger partial charge on any atom is 0.222 e. The lowest BCUT2D eigenvalue weighted by atomic mass is 10.1. The molecule has 3 rings (SSSR count). The lowest BCUT2D eigenvalue weighted by Crippen LogP contribution is -2.28. The van der Waals surface area contributed by atoms with Gasteiger partial charge in [-0.25, -0.2) is 9.97 Å². The van der Waals surface area contributed by atoms with E-state index in [0.29, 0.717) is 31.2 Å². The number of aromatic nitrogens is 3. The molecule has 2 heterocycles. The van der Waals surface area contributed by atoms with Crippen molar-refractivity contribution in [3.63, 3.8) is 0 Å². The highest BCUT2D eigenvalue weighted by Crippen LogP contribution is 2.31. The summed E-state index contributed by atoms with van der Waals surface area (Å²) in [5.74, 6) is 2.26. The summed E-state index contributed by atoms with van der Waals surface area (Å²) in [4.78, 5) is 20.8. The number of ether oxygens (including phenoxy) is 2. The van der Waals surface area contributed by atoms with Gasteiger partial charge >= 0.3 is 0 Å². The second-order valence-electron chi connectivity index (χ2n) is 8.49. The minimum absolute atomic E-state index is 0.0421. The van der Waals surface area contributed by atoms with E-state index in [1.54, 1.807) is 0 Å². The first-order chi connectivity index (χ1) is 16.0. The first kappa shape index (κ1) is 24.8. The SMILES string of the molecule is CCOCc1nc2c(N)nc3ccc(OCCCCCCNC(=O)C(C)C)cc3c2n1CC. The van der Waals surface area contributed by atoms with Gasteiger partial charge in [-0.2, -0.15) is 0 Å². The number of pyridine rings is 1. The van der Waals surface area contributed by atoms with E-state index in [2.05, 4.69) is 21.8 Å². The predicted molar refractivity (Wildman–Crippen MR) is 132 cm³/mol. The fraction of sp³-hybridized carbons (Fsp3) is 0.560. The lowest BCUT2D eigenvalue weighted by molar-refractivity contribution is -0.123. The van der Waals surface area contributed by atoms with Crippen LogP contribution in [0.3, 0.4) is 0 Å². The molecule has 3 aromatic rings. The van der Waals surface area contributed by atoms with Crippen LogP contribution in [0, 0.1) is 5.92 Å². The van der Waals surface area contributed by atoms with E-state index >= 15 is 0 Å². The molecule has 0 fully saturated rings. The second kappa shape index (κ2) is 11.8. The fourth-order valence-electron chi connectivity index (χ4n) is 3.86. The molecule has 0 saturated carbocycles. The van der Waals surface area contributed by atoms with Crippen molar-refractivity contribution in [2.45, 2.75) is 66.5 Å². The number of amides is 1. The van der Waals surface area contributed by atoms with E-state index in [4.69, 9.17) is 20.2 Å². The molecule has 0 unspecified atom stereocenters. The van der Waals surface area contributed by atoms with Crippen LogP contribution >= 0.6 is 0 Å². The van der Waals surface area contributed by atoms with E-state index in [0.717, 1.165) is 66.8 Å². The molecule has 0 spiro atoms. The van der Waals surface area contributed by atoms with Gasteiger partial charge in [-0.1, -0.05) is 26.7 Å². The Kier molecular flexibility index (Phi) is 8.88. The average Bonchev–Trinajstić information content (AvgIpc) is 3.18. The molecule has 0 radical (unpaired) electrons. The zero-order valence-electron chi connectivity index (χ0n) is 20.3. The monoisotopic (exact) mass is 455 g/mol. The standard InChI is InChI=1S/C25H37N5O3/c1-5-30-21(16-32-6-2)29-22-23(30)19-15-18(11-12-20(19)28-24(22)26)33-14-10-8-7-9-13-27-25(31)17(3)4/h11-12,15,17H,5-10,13-14,16H2,1-4H3,(H2,26,28)(H,27,31). The average molecular weight is 456 g/mol. The second-order valence-corrected chi connectivity index (χ2v) is 8.49. The third kappa shape index (κ3) is 6.13. The van der Waals surface area contributed by atoms with Gasteiger partial charge in [0.25, 0.3) is 0 Å². The molecule has 3 N–H and O–H groups in total. The normalized spacial score (nSPS) is 11.5. The molecule has 0 aliphatic heterocycles. The van der Waals surface area contributed by atoms with Gasteiger partial charge in [-0.3, -0.25) is 4.79 Å². The zero-order chi connectivity index (χ0) is 23.8. The third-order valence-corrected chi connectivity index (χ3v) is 5.67. The largest absolute Gasteiger partial charge is 0.494 e. The van der Waals surface area contributed by atoms with E-state index in [1.807, 2.05) is 39.0 Å². The topological polar surface area (TPSA) is 104 Å². The number of carbonyl (C=O) groups is 1. The Labute approximate surface area is 195 Å². The van der Waals surface area contributed by atoms with Gasteiger partial charge in [0, 0.05) is 31.0 Å². The van der Waals surface area contributed by atoms with Crippen molar-refractivity contribution < 1.29 is 14.3 Å². The van der Waals surface area contributed by atoms with Crippen LogP contribution in [0.15, 0.2) is 18.2 Å². The fourth-order valence-corrected chi connectivity index (χ4v) is 3.86. The van der Waals surface area contributed by atoms with E-state index < -0.39 is 0 Å². The van der Waals surface area contributed by atoms with Crippen LogP contribution in [-0.4, -0.2) is 40.2 Å². The Morgan fingerprint density at radius 3 is 2.67 bits per heavy atom. The van der Waals surface area contributed by atoms with Crippen LogP contribution in [0.25, 0.3) is 21.9 Å². The number of nitrogens with two attached hydrogens (primary N) is 1. The van der Waals surface area contributed by atoms with Crippen LogP contribution in [0.5, 0.6) is 5.75 Å². The molecule has 0 atom stereocenters. The first-order valence-electron chi connectivity index (χ1n) is 12.0. The number of rotatable bonds is 13. The molecule has 180 valence electrons. The summed E-state index contributed by atoms with van der Waals surface area (Å²) in [7, 11) is 0. The summed E-state index contributed by atoms with van der Waals surface area (Å²) >= 11 is 0. The number of nitrogen functional groups attached to an aromatic ring is 1. The quantitative estimate of drug-likeness (QED) is 0.369. The Bertz CT molecular complexity index is 1080. The van der Waals surface area contributed by atoms with Gasteiger partial charge in [0.2, 0.25) is 5.91 Å². The lowest BCUT2D eigenvalue weighted by Gasteiger charge is -2.11. The van der Waals surface area contributed by atoms with Gasteiger partial charge in [-0.05, 0) is 44.9 Å². The molecule has 2 aromatic heterocycles. The Morgan fingerprint density at radius 1 is 1.15 bits per heavy atom. The summed E-state index contributed by atoms with van der Waals surface area (Å²) in [6.45, 7) is 11.1. The molecule has 8 heteroatoms. The summed E-state index contributed by atoms with van der Waals surface area (Å²) in [5.41, 5.74) is 8.73. The van der Waals surface area contributed by atoms with Gasteiger partial charge in [0.1, 0.15) is 23.7 Å². The van der Waals surface area contributed by atoms with Crippen molar-refractivity contribution >= 4 is 33.7 Å². The summed E-state index contributed by atoms with van der Waals surface area (Å²) < 4.78 is 13.8. The van der Waals surface area contributed by atoms with Crippen molar-refractivity contribution in [2.75, 3.05) is 25.5 Å². The number of nitrogens with one attached hydrogen (secondary N) is 1. The molecule has 33 heavy (non-hydrogen) atoms. The summed E-state index contributed by atoms with van der Waals surface area (Å²) in [5, 5.41) is 3.94. The molecule has 0 saturated heterocycles. The number of aryl methyl sites for hydroxylation is 1. The molecule has 0 aliphatic carbocycles.